The van der Waals surface area contributed by atoms with Crippen LogP contribution in [0.25, 0.3) is 0 Å². The van der Waals surface area contributed by atoms with E-state index in [9.17, 15) is 4.79 Å². The average Bonchev–Trinajstić information content (AvgIpc) is 3.36. The predicted octanol–water partition coefficient (Wildman–Crippen LogP) is 6.08. The Hall–Kier alpha value is -2.58. The first-order valence-corrected chi connectivity index (χ1v) is 12.8. The minimum atomic E-state index is -0.315. The van der Waals surface area contributed by atoms with Crippen molar-refractivity contribution in [2.45, 2.75) is 58.7 Å². The number of rotatable bonds is 7. The third kappa shape index (κ3) is 4.34. The van der Waals surface area contributed by atoms with Crippen LogP contribution in [0.4, 0.5) is 11.6 Å². The number of allylic oxidation sites excluding steroid dienone is 1. The molecular formula is C24H29N5OS2. The van der Waals surface area contributed by atoms with Crippen LogP contribution in [0.2, 0.25) is 0 Å². The number of unbranched alkanes of at least 4 members (excludes halogenated alkanes) is 1. The van der Waals surface area contributed by atoms with E-state index in [1.807, 2.05) is 30.7 Å². The molecule has 1 aliphatic rings. The number of amides is 1. The van der Waals surface area contributed by atoms with Gasteiger partial charge >= 0.3 is 0 Å². The molecule has 4 rings (SSSR count). The lowest BCUT2D eigenvalue weighted by molar-refractivity contribution is -0.113. The van der Waals surface area contributed by atoms with E-state index in [1.165, 1.54) is 0 Å². The fourth-order valence-electron chi connectivity index (χ4n) is 3.78. The summed E-state index contributed by atoms with van der Waals surface area (Å²) in [6.07, 6.45) is 2.26. The second kappa shape index (κ2) is 9.50. The third-order valence-corrected chi connectivity index (χ3v) is 7.80. The van der Waals surface area contributed by atoms with Gasteiger partial charge in [0.05, 0.1) is 5.57 Å². The average molecular weight is 468 g/mol. The van der Waals surface area contributed by atoms with Crippen molar-refractivity contribution in [2.24, 2.45) is 0 Å². The number of hydrogen-bond donors (Lipinski definition) is 2. The summed E-state index contributed by atoms with van der Waals surface area (Å²) in [4.78, 5) is 19.4. The smallest absolute Gasteiger partial charge is 0.255 e. The maximum absolute atomic E-state index is 13.6. The molecular weight excluding hydrogens is 438 g/mol. The molecule has 0 radical (unpaired) electrons. The zero-order chi connectivity index (χ0) is 22.8. The minimum absolute atomic E-state index is 0.122. The van der Waals surface area contributed by atoms with Gasteiger partial charge in [-0.1, -0.05) is 37.2 Å². The van der Waals surface area contributed by atoms with Crippen LogP contribution in [0.3, 0.4) is 0 Å². The first-order chi connectivity index (χ1) is 15.4. The van der Waals surface area contributed by atoms with Crippen LogP contribution in [0.5, 0.6) is 0 Å². The monoisotopic (exact) mass is 467 g/mol. The summed E-state index contributed by atoms with van der Waals surface area (Å²) in [5.41, 5.74) is 5.66. The van der Waals surface area contributed by atoms with Crippen molar-refractivity contribution in [2.75, 3.05) is 16.4 Å². The van der Waals surface area contributed by atoms with E-state index in [0.29, 0.717) is 11.5 Å². The van der Waals surface area contributed by atoms with Gasteiger partial charge in [0.15, 0.2) is 0 Å². The number of benzene rings is 1. The highest BCUT2D eigenvalue weighted by Gasteiger charge is 2.36. The van der Waals surface area contributed by atoms with Gasteiger partial charge in [0.2, 0.25) is 11.1 Å². The summed E-state index contributed by atoms with van der Waals surface area (Å²) in [5.74, 6) is 1.54. The van der Waals surface area contributed by atoms with Crippen molar-refractivity contribution >= 4 is 40.6 Å². The van der Waals surface area contributed by atoms with Gasteiger partial charge in [0.25, 0.3) is 5.91 Å². The number of nitrogens with zero attached hydrogens (tertiary/aromatic N) is 3. The summed E-state index contributed by atoms with van der Waals surface area (Å²) in [6.45, 7) is 10.3. The Labute approximate surface area is 197 Å². The summed E-state index contributed by atoms with van der Waals surface area (Å²) in [6, 6.07) is 7.74. The molecule has 2 aromatic heterocycles. The maximum atomic E-state index is 13.6. The molecule has 8 heteroatoms. The maximum Gasteiger partial charge on any atom is 0.255 e. The summed E-state index contributed by atoms with van der Waals surface area (Å²) in [5, 5.41) is 14.1. The lowest BCUT2D eigenvalue weighted by atomic mass is 9.98. The molecule has 0 saturated carbocycles. The number of carbonyl (C=O) groups excluding carboxylic acids is 1. The Balaban J connectivity index is 1.73. The highest BCUT2D eigenvalue weighted by atomic mass is 32.2. The highest BCUT2D eigenvalue weighted by Crippen LogP contribution is 2.40. The van der Waals surface area contributed by atoms with Crippen molar-refractivity contribution in [1.82, 2.24) is 14.8 Å². The van der Waals surface area contributed by atoms with Gasteiger partial charge in [-0.05, 0) is 68.3 Å². The van der Waals surface area contributed by atoms with Crippen molar-refractivity contribution in [3.8, 4) is 0 Å². The van der Waals surface area contributed by atoms with Crippen LogP contribution in [0, 0.1) is 20.8 Å². The van der Waals surface area contributed by atoms with Crippen LogP contribution in [-0.2, 0) is 4.79 Å². The van der Waals surface area contributed by atoms with E-state index < -0.39 is 0 Å². The molecule has 6 nitrogen and oxygen atoms in total. The van der Waals surface area contributed by atoms with Gasteiger partial charge in [0.1, 0.15) is 6.04 Å². The fourth-order valence-corrected chi connectivity index (χ4v) is 5.71. The van der Waals surface area contributed by atoms with Gasteiger partial charge < -0.3 is 10.6 Å². The summed E-state index contributed by atoms with van der Waals surface area (Å²) >= 11 is 3.31. The molecule has 2 N–H and O–H groups in total. The number of anilines is 2. The SMILES string of the molecule is CCCCSc1nc2n(n1)C(c1sccc1C)C(C(=O)Nc1cccc(C)c1C)=C(C)N2. The molecule has 168 valence electrons. The van der Waals surface area contributed by atoms with Crippen LogP contribution in [0.15, 0.2) is 46.1 Å². The molecule has 0 fully saturated rings. The summed E-state index contributed by atoms with van der Waals surface area (Å²) < 4.78 is 1.87. The lowest BCUT2D eigenvalue weighted by Crippen LogP contribution is -2.31. The van der Waals surface area contributed by atoms with Crippen LogP contribution in [0.1, 0.15) is 54.3 Å². The molecule has 3 heterocycles. The van der Waals surface area contributed by atoms with Crippen LogP contribution < -0.4 is 10.6 Å². The number of thioether (sulfide) groups is 1. The molecule has 0 aliphatic carbocycles. The number of thiophene rings is 1. The van der Waals surface area contributed by atoms with Gasteiger partial charge in [-0.25, -0.2) is 4.68 Å². The van der Waals surface area contributed by atoms with E-state index >= 15 is 0 Å². The molecule has 1 unspecified atom stereocenters. The van der Waals surface area contributed by atoms with Crippen molar-refractivity contribution < 1.29 is 4.79 Å². The zero-order valence-corrected chi connectivity index (χ0v) is 20.8. The minimum Gasteiger partial charge on any atom is -0.328 e. The number of aromatic nitrogens is 3. The lowest BCUT2D eigenvalue weighted by Gasteiger charge is -2.28. The van der Waals surface area contributed by atoms with Crippen LogP contribution >= 0.6 is 23.1 Å². The number of fused-ring (bicyclic) bond motifs is 1. The Morgan fingerprint density at radius 2 is 2.03 bits per heavy atom. The van der Waals surface area contributed by atoms with E-state index in [0.717, 1.165) is 56.7 Å². The molecule has 32 heavy (non-hydrogen) atoms. The molecule has 1 aromatic carbocycles. The molecule has 1 atom stereocenters. The Kier molecular flexibility index (Phi) is 6.71. The first kappa shape index (κ1) is 22.6. The quantitative estimate of drug-likeness (QED) is 0.325. The van der Waals surface area contributed by atoms with E-state index in [4.69, 9.17) is 10.1 Å². The van der Waals surface area contributed by atoms with E-state index in [-0.39, 0.29) is 11.9 Å². The molecule has 0 bridgehead atoms. The van der Waals surface area contributed by atoms with E-state index in [1.54, 1.807) is 23.1 Å². The molecule has 1 amide bonds. The van der Waals surface area contributed by atoms with E-state index in [2.05, 4.69) is 48.9 Å². The number of aryl methyl sites for hydroxylation is 2. The highest BCUT2D eigenvalue weighted by molar-refractivity contribution is 7.99. The standard InChI is InChI=1S/C24H29N5OS2/c1-6-7-12-32-24-27-23-25-17(5)19(20(29(23)28-24)21-15(3)11-13-31-21)22(30)26-18-10-8-9-14(2)16(18)4/h8-11,13,20H,6-7,12H2,1-5H3,(H,26,30)(H,25,27,28). The van der Waals surface area contributed by atoms with Gasteiger partial charge in [-0.3, -0.25) is 4.79 Å². The topological polar surface area (TPSA) is 71.8 Å². The van der Waals surface area contributed by atoms with Gasteiger partial charge in [-0.2, -0.15) is 4.98 Å². The summed E-state index contributed by atoms with van der Waals surface area (Å²) in [7, 11) is 0. The number of carbonyl (C=O) groups is 1. The Morgan fingerprint density at radius 3 is 2.75 bits per heavy atom. The number of nitrogens with one attached hydrogen (secondary N) is 2. The first-order valence-electron chi connectivity index (χ1n) is 10.9. The Morgan fingerprint density at radius 1 is 1.22 bits per heavy atom. The molecule has 0 spiro atoms. The zero-order valence-electron chi connectivity index (χ0n) is 19.2. The fraction of sp³-hybridized carbons (Fsp3) is 0.375. The van der Waals surface area contributed by atoms with Crippen LogP contribution in [-0.4, -0.2) is 26.4 Å². The second-order valence-electron chi connectivity index (χ2n) is 8.10. The van der Waals surface area contributed by atoms with Crippen molar-refractivity contribution in [3.63, 3.8) is 0 Å². The molecule has 3 aromatic rings. The van der Waals surface area contributed by atoms with Crippen molar-refractivity contribution in [1.29, 1.82) is 0 Å². The molecule has 1 aliphatic heterocycles. The molecule has 0 saturated heterocycles. The van der Waals surface area contributed by atoms with Gasteiger partial charge in [-0.15, -0.1) is 16.4 Å². The van der Waals surface area contributed by atoms with Crippen molar-refractivity contribution in [3.05, 3.63) is 62.5 Å². The Bertz CT molecular complexity index is 1180. The second-order valence-corrected chi connectivity index (χ2v) is 10.1. The van der Waals surface area contributed by atoms with Gasteiger partial charge in [0, 0.05) is 22.0 Å². The third-order valence-electron chi connectivity index (χ3n) is 5.81. The normalized spacial score (nSPS) is 15.5. The predicted molar refractivity (Wildman–Crippen MR) is 134 cm³/mol. The number of hydrogen-bond acceptors (Lipinski definition) is 6. The largest absolute Gasteiger partial charge is 0.328 e.